The van der Waals surface area contributed by atoms with Crippen LogP contribution in [0.1, 0.15) is 40.5 Å². The number of rotatable bonds is 9. The van der Waals surface area contributed by atoms with Gasteiger partial charge < -0.3 is 19.5 Å². The highest BCUT2D eigenvalue weighted by atomic mass is 16.5. The van der Waals surface area contributed by atoms with Crippen molar-refractivity contribution in [2.24, 2.45) is 0 Å². The Kier molecular flexibility index (Phi) is 7.56. The minimum atomic E-state index is -0.717. The number of esters is 1. The van der Waals surface area contributed by atoms with Gasteiger partial charge in [0.15, 0.2) is 12.4 Å². The average molecular weight is 385 g/mol. The Morgan fingerprint density at radius 1 is 0.929 bits per heavy atom. The lowest BCUT2D eigenvalue weighted by molar-refractivity contribution is -0.116. The van der Waals surface area contributed by atoms with Crippen LogP contribution >= 0.6 is 0 Å². The molecule has 0 bridgehead atoms. The SMILES string of the molecule is CCCC(=O)Nc1ccc(C(=O)COC(=O)c2c(OC)cccc2OC)cc1. The fraction of sp³-hybridized carbons (Fsp3) is 0.286. The van der Waals surface area contributed by atoms with Gasteiger partial charge in [-0.15, -0.1) is 0 Å². The van der Waals surface area contributed by atoms with Gasteiger partial charge in [0, 0.05) is 17.7 Å². The van der Waals surface area contributed by atoms with Crippen LogP contribution in [0.2, 0.25) is 0 Å². The normalized spacial score (nSPS) is 10.1. The molecule has 2 rings (SSSR count). The highest BCUT2D eigenvalue weighted by Crippen LogP contribution is 2.28. The van der Waals surface area contributed by atoms with Gasteiger partial charge in [0.2, 0.25) is 5.91 Å². The number of nitrogens with one attached hydrogen (secondary N) is 1. The van der Waals surface area contributed by atoms with Gasteiger partial charge in [-0.1, -0.05) is 13.0 Å². The topological polar surface area (TPSA) is 90.9 Å². The molecular weight excluding hydrogens is 362 g/mol. The summed E-state index contributed by atoms with van der Waals surface area (Å²) < 4.78 is 15.5. The quantitative estimate of drug-likeness (QED) is 0.525. The number of hydrogen-bond donors (Lipinski definition) is 1. The van der Waals surface area contributed by atoms with Crippen LogP contribution in [0.15, 0.2) is 42.5 Å². The second kappa shape index (κ2) is 10.1. The average Bonchev–Trinajstić information content (AvgIpc) is 2.71. The minimum absolute atomic E-state index is 0.0822. The molecular formula is C21H23NO6. The molecule has 7 nitrogen and oxygen atoms in total. The molecule has 2 aromatic carbocycles. The number of amides is 1. The van der Waals surface area contributed by atoms with E-state index in [4.69, 9.17) is 14.2 Å². The Balaban J connectivity index is 2.00. The van der Waals surface area contributed by atoms with Crippen LogP contribution in [0, 0.1) is 0 Å². The van der Waals surface area contributed by atoms with E-state index in [1.165, 1.54) is 14.2 Å². The monoisotopic (exact) mass is 385 g/mol. The summed E-state index contributed by atoms with van der Waals surface area (Å²) in [7, 11) is 2.86. The second-order valence-corrected chi connectivity index (χ2v) is 5.91. The molecule has 0 atom stereocenters. The molecule has 0 aliphatic heterocycles. The van der Waals surface area contributed by atoms with Gasteiger partial charge in [0.1, 0.15) is 17.1 Å². The van der Waals surface area contributed by atoms with Crippen LogP contribution in [0.5, 0.6) is 11.5 Å². The molecule has 0 saturated carbocycles. The second-order valence-electron chi connectivity index (χ2n) is 5.91. The summed E-state index contributed by atoms with van der Waals surface area (Å²) in [5.74, 6) is -0.575. The number of hydrogen-bond acceptors (Lipinski definition) is 6. The molecule has 148 valence electrons. The summed E-state index contributed by atoms with van der Waals surface area (Å²) in [5.41, 5.74) is 1.09. The molecule has 2 aromatic rings. The maximum absolute atomic E-state index is 12.4. The molecule has 0 radical (unpaired) electrons. The van der Waals surface area contributed by atoms with Crippen LogP contribution < -0.4 is 14.8 Å². The van der Waals surface area contributed by atoms with E-state index >= 15 is 0 Å². The standard InChI is InChI=1S/C21H23NO6/c1-4-6-19(24)22-15-11-9-14(10-12-15)16(23)13-28-21(25)20-17(26-2)7-5-8-18(20)27-3/h5,7-12H,4,6,13H2,1-3H3,(H,22,24). The lowest BCUT2D eigenvalue weighted by atomic mass is 10.1. The molecule has 0 spiro atoms. The van der Waals surface area contributed by atoms with Gasteiger partial charge in [-0.05, 0) is 42.8 Å². The number of carbonyl (C=O) groups is 3. The van der Waals surface area contributed by atoms with Crippen molar-refractivity contribution < 1.29 is 28.6 Å². The van der Waals surface area contributed by atoms with Crippen molar-refractivity contribution in [3.8, 4) is 11.5 Å². The first-order valence-corrected chi connectivity index (χ1v) is 8.81. The van der Waals surface area contributed by atoms with Crippen molar-refractivity contribution in [1.29, 1.82) is 0 Å². The van der Waals surface area contributed by atoms with Crippen molar-refractivity contribution in [1.82, 2.24) is 0 Å². The summed E-state index contributed by atoms with van der Waals surface area (Å²) >= 11 is 0. The van der Waals surface area contributed by atoms with E-state index in [0.717, 1.165) is 6.42 Å². The molecule has 0 heterocycles. The molecule has 0 fully saturated rings. The van der Waals surface area contributed by atoms with Gasteiger partial charge >= 0.3 is 5.97 Å². The third kappa shape index (κ3) is 5.33. The van der Waals surface area contributed by atoms with Gasteiger partial charge in [0.05, 0.1) is 14.2 Å². The Hall–Kier alpha value is -3.35. The molecule has 0 aliphatic rings. The number of ketones is 1. The number of carbonyl (C=O) groups excluding carboxylic acids is 3. The van der Waals surface area contributed by atoms with E-state index in [1.54, 1.807) is 42.5 Å². The molecule has 1 N–H and O–H groups in total. The van der Waals surface area contributed by atoms with Gasteiger partial charge in [-0.2, -0.15) is 0 Å². The van der Waals surface area contributed by atoms with Gasteiger partial charge in [0.25, 0.3) is 0 Å². The summed E-state index contributed by atoms with van der Waals surface area (Å²) in [4.78, 5) is 36.3. The van der Waals surface area contributed by atoms with Gasteiger partial charge in [-0.3, -0.25) is 9.59 Å². The fourth-order valence-electron chi connectivity index (χ4n) is 2.53. The number of Topliss-reactive ketones (excluding diaryl/α,β-unsaturated/α-hetero) is 1. The zero-order chi connectivity index (χ0) is 20.5. The highest BCUT2D eigenvalue weighted by Gasteiger charge is 2.21. The van der Waals surface area contributed by atoms with E-state index in [2.05, 4.69) is 5.32 Å². The van der Waals surface area contributed by atoms with Crippen LogP contribution in [-0.4, -0.2) is 38.5 Å². The van der Waals surface area contributed by atoms with E-state index in [-0.39, 0.29) is 17.3 Å². The first kappa shape index (κ1) is 21.0. The minimum Gasteiger partial charge on any atom is -0.496 e. The fourth-order valence-corrected chi connectivity index (χ4v) is 2.53. The van der Waals surface area contributed by atoms with Crippen molar-refractivity contribution in [2.75, 3.05) is 26.1 Å². The van der Waals surface area contributed by atoms with Crippen LogP contribution in [-0.2, 0) is 9.53 Å². The largest absolute Gasteiger partial charge is 0.496 e. The van der Waals surface area contributed by atoms with Crippen molar-refractivity contribution in [3.05, 3.63) is 53.6 Å². The van der Waals surface area contributed by atoms with Crippen molar-refractivity contribution in [3.63, 3.8) is 0 Å². The Morgan fingerprint density at radius 3 is 2.07 bits per heavy atom. The molecule has 28 heavy (non-hydrogen) atoms. The molecule has 0 saturated heterocycles. The maximum Gasteiger partial charge on any atom is 0.346 e. The van der Waals surface area contributed by atoms with Crippen molar-refractivity contribution in [2.45, 2.75) is 19.8 Å². The summed E-state index contributed by atoms with van der Waals surface area (Å²) in [6.07, 6.45) is 1.19. The lowest BCUT2D eigenvalue weighted by Crippen LogP contribution is -2.16. The molecule has 0 aliphatic carbocycles. The zero-order valence-electron chi connectivity index (χ0n) is 16.1. The molecule has 0 unspecified atom stereocenters. The highest BCUT2D eigenvalue weighted by molar-refractivity contribution is 6.01. The van der Waals surface area contributed by atoms with Crippen LogP contribution in [0.4, 0.5) is 5.69 Å². The molecule has 1 amide bonds. The summed E-state index contributed by atoms with van der Waals surface area (Å²) in [6.45, 7) is 1.49. The predicted molar refractivity (Wildman–Crippen MR) is 104 cm³/mol. The van der Waals surface area contributed by atoms with Crippen molar-refractivity contribution >= 4 is 23.3 Å². The van der Waals surface area contributed by atoms with E-state index in [1.807, 2.05) is 6.92 Å². The van der Waals surface area contributed by atoms with Gasteiger partial charge in [-0.25, -0.2) is 4.79 Å². The van der Waals surface area contributed by atoms with Crippen LogP contribution in [0.3, 0.4) is 0 Å². The summed E-state index contributed by atoms with van der Waals surface area (Å²) in [5, 5.41) is 2.74. The third-order valence-electron chi connectivity index (χ3n) is 3.93. The Labute approximate surface area is 163 Å². The molecule has 7 heteroatoms. The number of anilines is 1. The first-order chi connectivity index (χ1) is 13.5. The number of ether oxygens (including phenoxy) is 3. The predicted octanol–water partition coefficient (Wildman–Crippen LogP) is 3.48. The zero-order valence-corrected chi connectivity index (χ0v) is 16.1. The Morgan fingerprint density at radius 2 is 1.54 bits per heavy atom. The molecule has 0 aromatic heterocycles. The lowest BCUT2D eigenvalue weighted by Gasteiger charge is -2.12. The first-order valence-electron chi connectivity index (χ1n) is 8.81. The summed E-state index contributed by atoms with van der Waals surface area (Å²) in [6, 6.07) is 11.3. The number of benzene rings is 2. The number of methoxy groups -OCH3 is 2. The van der Waals surface area contributed by atoms with E-state index in [9.17, 15) is 14.4 Å². The maximum atomic E-state index is 12.4. The van der Waals surface area contributed by atoms with E-state index in [0.29, 0.717) is 29.2 Å². The Bertz CT molecular complexity index is 822. The third-order valence-corrected chi connectivity index (χ3v) is 3.93. The van der Waals surface area contributed by atoms with Crippen LogP contribution in [0.25, 0.3) is 0 Å². The van der Waals surface area contributed by atoms with E-state index < -0.39 is 12.6 Å². The smallest absolute Gasteiger partial charge is 0.346 e.